The van der Waals surface area contributed by atoms with Gasteiger partial charge in [-0.1, -0.05) is 17.7 Å². The molecule has 1 aliphatic rings. The van der Waals surface area contributed by atoms with Crippen LogP contribution in [-0.4, -0.2) is 41.8 Å². The van der Waals surface area contributed by atoms with Crippen LogP contribution in [0.25, 0.3) is 0 Å². The molecule has 1 saturated heterocycles. The molecule has 96 valence electrons. The van der Waals surface area contributed by atoms with Crippen molar-refractivity contribution in [1.82, 2.24) is 9.80 Å². The number of benzene rings is 1. The Balaban J connectivity index is 2.19. The molecular weight excluding hydrogens is 254 g/mol. The number of halogens is 1. The van der Waals surface area contributed by atoms with Crippen molar-refractivity contribution in [3.8, 4) is 0 Å². The Hall–Kier alpha value is -1.75. The summed E-state index contributed by atoms with van der Waals surface area (Å²) < 4.78 is 0. The van der Waals surface area contributed by atoms with Crippen LogP contribution in [0.4, 0.5) is 5.69 Å². The topological polar surface area (TPSA) is 66.6 Å². The quantitative estimate of drug-likeness (QED) is 0.803. The minimum Gasteiger partial charge on any atom is -0.398 e. The largest absolute Gasteiger partial charge is 0.398 e. The maximum Gasteiger partial charge on any atom is 0.242 e. The van der Waals surface area contributed by atoms with Crippen LogP contribution >= 0.6 is 11.6 Å². The van der Waals surface area contributed by atoms with E-state index in [0.29, 0.717) is 16.3 Å². The molecule has 6 heteroatoms. The zero-order valence-electron chi connectivity index (χ0n) is 10.0. The van der Waals surface area contributed by atoms with Gasteiger partial charge in [-0.3, -0.25) is 9.59 Å². The van der Waals surface area contributed by atoms with E-state index in [9.17, 15) is 9.59 Å². The molecule has 1 fully saturated rings. The second-order valence-electron chi connectivity index (χ2n) is 4.31. The fourth-order valence-corrected chi connectivity index (χ4v) is 2.08. The van der Waals surface area contributed by atoms with Gasteiger partial charge >= 0.3 is 0 Å². The average Bonchev–Trinajstić information content (AvgIpc) is 2.30. The van der Waals surface area contributed by atoms with Gasteiger partial charge in [-0.05, 0) is 12.1 Å². The molecule has 2 N–H and O–H groups in total. The SMILES string of the molecule is CN1CC(=O)N(Cc2c(N)cccc2Cl)CC1=O. The zero-order chi connectivity index (χ0) is 13.3. The summed E-state index contributed by atoms with van der Waals surface area (Å²) in [6.45, 7) is 0.438. The Morgan fingerprint density at radius 1 is 1.28 bits per heavy atom. The van der Waals surface area contributed by atoms with Gasteiger partial charge in [-0.25, -0.2) is 0 Å². The molecule has 1 aromatic rings. The lowest BCUT2D eigenvalue weighted by Gasteiger charge is -2.32. The van der Waals surface area contributed by atoms with Crippen LogP contribution in [0.3, 0.4) is 0 Å². The van der Waals surface area contributed by atoms with Crippen LogP contribution in [0.1, 0.15) is 5.56 Å². The highest BCUT2D eigenvalue weighted by Gasteiger charge is 2.28. The van der Waals surface area contributed by atoms with Gasteiger partial charge < -0.3 is 15.5 Å². The Morgan fingerprint density at radius 2 is 2.00 bits per heavy atom. The lowest BCUT2D eigenvalue weighted by atomic mass is 10.1. The number of piperazine rings is 1. The van der Waals surface area contributed by atoms with Gasteiger partial charge in [0.05, 0.1) is 6.54 Å². The van der Waals surface area contributed by atoms with Crippen molar-refractivity contribution in [3.63, 3.8) is 0 Å². The van der Waals surface area contributed by atoms with Gasteiger partial charge in [-0.2, -0.15) is 0 Å². The second-order valence-corrected chi connectivity index (χ2v) is 4.71. The summed E-state index contributed by atoms with van der Waals surface area (Å²) in [5.41, 5.74) is 7.04. The highest BCUT2D eigenvalue weighted by molar-refractivity contribution is 6.31. The van der Waals surface area contributed by atoms with Crippen molar-refractivity contribution in [1.29, 1.82) is 0 Å². The van der Waals surface area contributed by atoms with Crippen molar-refractivity contribution in [2.45, 2.75) is 6.54 Å². The summed E-state index contributed by atoms with van der Waals surface area (Å²) in [6, 6.07) is 5.19. The molecular formula is C12H14ClN3O2. The molecule has 0 atom stereocenters. The van der Waals surface area contributed by atoms with Crippen molar-refractivity contribution in [3.05, 3.63) is 28.8 Å². The van der Waals surface area contributed by atoms with Crippen LogP contribution in [-0.2, 0) is 16.1 Å². The van der Waals surface area contributed by atoms with E-state index < -0.39 is 0 Å². The molecule has 1 heterocycles. The maximum atomic E-state index is 11.8. The van der Waals surface area contributed by atoms with E-state index in [1.54, 1.807) is 25.2 Å². The van der Waals surface area contributed by atoms with Crippen molar-refractivity contribution < 1.29 is 9.59 Å². The minimum atomic E-state index is -0.101. The molecule has 0 spiro atoms. The lowest BCUT2D eigenvalue weighted by molar-refractivity contribution is -0.149. The molecule has 1 aliphatic heterocycles. The molecule has 0 unspecified atom stereocenters. The number of likely N-dealkylation sites (N-methyl/N-ethyl adjacent to an activating group) is 1. The van der Waals surface area contributed by atoms with Crippen LogP contribution in [0, 0.1) is 0 Å². The summed E-state index contributed by atoms with van der Waals surface area (Å²) >= 11 is 6.05. The number of hydrogen-bond donors (Lipinski definition) is 1. The second kappa shape index (κ2) is 4.86. The van der Waals surface area contributed by atoms with Gasteiger partial charge in [0.1, 0.15) is 6.54 Å². The third-order valence-electron chi connectivity index (χ3n) is 2.98. The molecule has 0 aliphatic carbocycles. The van der Waals surface area contributed by atoms with E-state index in [0.717, 1.165) is 0 Å². The fourth-order valence-electron chi connectivity index (χ4n) is 1.84. The number of carbonyl (C=O) groups is 2. The van der Waals surface area contributed by atoms with E-state index in [1.165, 1.54) is 9.80 Å². The number of amides is 2. The predicted octanol–water partition coefficient (Wildman–Crippen LogP) is 0.723. The third-order valence-corrected chi connectivity index (χ3v) is 3.34. The summed E-state index contributed by atoms with van der Waals surface area (Å²) in [6.07, 6.45) is 0. The van der Waals surface area contributed by atoms with Gasteiger partial charge in [0.15, 0.2) is 0 Å². The van der Waals surface area contributed by atoms with Crippen molar-refractivity contribution in [2.24, 2.45) is 0 Å². The molecule has 0 radical (unpaired) electrons. The number of rotatable bonds is 2. The third kappa shape index (κ3) is 2.41. The summed E-state index contributed by atoms with van der Waals surface area (Å²) in [4.78, 5) is 26.3. The van der Waals surface area contributed by atoms with Gasteiger partial charge in [0.25, 0.3) is 0 Å². The molecule has 0 saturated carbocycles. The number of nitrogens with zero attached hydrogens (tertiary/aromatic N) is 2. The smallest absolute Gasteiger partial charge is 0.242 e. The molecule has 18 heavy (non-hydrogen) atoms. The van der Waals surface area contributed by atoms with E-state index >= 15 is 0 Å². The Labute approximate surface area is 110 Å². The number of nitrogen functional groups attached to an aromatic ring is 1. The van der Waals surface area contributed by atoms with Gasteiger partial charge in [0, 0.05) is 29.9 Å². The normalized spacial score (nSPS) is 16.3. The summed E-state index contributed by atoms with van der Waals surface area (Å²) in [5, 5.41) is 0.508. The van der Waals surface area contributed by atoms with Gasteiger partial charge in [0.2, 0.25) is 11.8 Å². The van der Waals surface area contributed by atoms with E-state index in [-0.39, 0.29) is 31.4 Å². The fraction of sp³-hybridized carbons (Fsp3) is 0.333. The molecule has 5 nitrogen and oxygen atoms in total. The first kappa shape index (κ1) is 12.7. The maximum absolute atomic E-state index is 11.8. The summed E-state index contributed by atoms with van der Waals surface area (Å²) in [7, 11) is 1.61. The predicted molar refractivity (Wildman–Crippen MR) is 68.9 cm³/mol. The van der Waals surface area contributed by atoms with Gasteiger partial charge in [-0.15, -0.1) is 0 Å². The first-order valence-electron chi connectivity index (χ1n) is 5.53. The Morgan fingerprint density at radius 3 is 2.67 bits per heavy atom. The zero-order valence-corrected chi connectivity index (χ0v) is 10.8. The van der Waals surface area contributed by atoms with Crippen molar-refractivity contribution in [2.75, 3.05) is 25.9 Å². The molecule has 0 bridgehead atoms. The lowest BCUT2D eigenvalue weighted by Crippen LogP contribution is -2.51. The average molecular weight is 268 g/mol. The highest BCUT2D eigenvalue weighted by atomic mass is 35.5. The monoisotopic (exact) mass is 267 g/mol. The standard InChI is InChI=1S/C12H14ClN3O2/c1-15-6-12(18)16(7-11(15)17)5-8-9(13)3-2-4-10(8)14/h2-4H,5-7,14H2,1H3. The van der Waals surface area contributed by atoms with Crippen LogP contribution in [0.5, 0.6) is 0 Å². The van der Waals surface area contributed by atoms with Crippen molar-refractivity contribution >= 4 is 29.1 Å². The molecule has 2 rings (SSSR count). The first-order chi connectivity index (χ1) is 8.49. The van der Waals surface area contributed by atoms with Crippen LogP contribution in [0.15, 0.2) is 18.2 Å². The molecule has 0 aromatic heterocycles. The number of anilines is 1. The van der Waals surface area contributed by atoms with E-state index in [4.69, 9.17) is 17.3 Å². The van der Waals surface area contributed by atoms with Crippen LogP contribution < -0.4 is 5.73 Å². The minimum absolute atomic E-state index is 0.0694. The molecule has 1 aromatic carbocycles. The highest BCUT2D eigenvalue weighted by Crippen LogP contribution is 2.24. The first-order valence-corrected chi connectivity index (χ1v) is 5.91. The molecule has 2 amide bonds. The van der Waals surface area contributed by atoms with Crippen LogP contribution in [0.2, 0.25) is 5.02 Å². The number of hydrogen-bond acceptors (Lipinski definition) is 3. The van der Waals surface area contributed by atoms with E-state index in [1.807, 2.05) is 0 Å². The number of nitrogens with two attached hydrogens (primary N) is 1. The van der Waals surface area contributed by atoms with E-state index in [2.05, 4.69) is 0 Å². The number of carbonyl (C=O) groups excluding carboxylic acids is 2. The Kier molecular flexibility index (Phi) is 3.43. The summed E-state index contributed by atoms with van der Waals surface area (Å²) in [5.74, 6) is -0.184. The Bertz CT molecular complexity index is 484.